The van der Waals surface area contributed by atoms with Crippen molar-refractivity contribution in [3.05, 3.63) is 40.8 Å². The van der Waals surface area contributed by atoms with Gasteiger partial charge in [-0.15, -0.1) is 0 Å². The van der Waals surface area contributed by atoms with E-state index in [1.54, 1.807) is 11.6 Å². The summed E-state index contributed by atoms with van der Waals surface area (Å²) >= 11 is 0. The van der Waals surface area contributed by atoms with Crippen molar-refractivity contribution in [2.75, 3.05) is 12.4 Å². The standard InChI is InChI=1S/C20H27N5O/c1-7-8-13(3)16-11-21-25-19(16)22-15(5)23-20(25)24-18-14(4)9-12(2)10-17(18)26-6/h9-11,13H,7-8H2,1-6H3,(H,22,23,24). The van der Waals surface area contributed by atoms with E-state index in [-0.39, 0.29) is 0 Å². The quantitative estimate of drug-likeness (QED) is 0.695. The molecule has 0 aliphatic carbocycles. The largest absolute Gasteiger partial charge is 0.495 e. The smallest absolute Gasteiger partial charge is 0.232 e. The highest BCUT2D eigenvalue weighted by molar-refractivity contribution is 5.69. The van der Waals surface area contributed by atoms with E-state index < -0.39 is 0 Å². The summed E-state index contributed by atoms with van der Waals surface area (Å²) in [5.74, 6) is 2.57. The van der Waals surface area contributed by atoms with Crippen molar-refractivity contribution >= 4 is 17.3 Å². The molecule has 0 spiro atoms. The van der Waals surface area contributed by atoms with Gasteiger partial charge in [0.05, 0.1) is 19.0 Å². The van der Waals surface area contributed by atoms with Crippen LogP contribution in [0, 0.1) is 20.8 Å². The molecule has 1 N–H and O–H groups in total. The maximum Gasteiger partial charge on any atom is 0.232 e. The molecule has 2 heterocycles. The molecule has 3 aromatic rings. The Bertz CT molecular complexity index is 932. The molecular formula is C20H27N5O. The molecule has 3 rings (SSSR count). The number of aryl methyl sites for hydroxylation is 3. The van der Waals surface area contributed by atoms with Crippen LogP contribution >= 0.6 is 0 Å². The van der Waals surface area contributed by atoms with Gasteiger partial charge in [0.25, 0.3) is 0 Å². The zero-order valence-electron chi connectivity index (χ0n) is 16.4. The number of hydrogen-bond donors (Lipinski definition) is 1. The van der Waals surface area contributed by atoms with Crippen LogP contribution in [0.1, 0.15) is 55.1 Å². The number of methoxy groups -OCH3 is 1. The number of hydrogen-bond acceptors (Lipinski definition) is 5. The second kappa shape index (κ2) is 7.32. The minimum absolute atomic E-state index is 0.412. The molecule has 0 fully saturated rings. The fourth-order valence-corrected chi connectivity index (χ4v) is 3.38. The Morgan fingerprint density at radius 2 is 1.96 bits per heavy atom. The number of nitrogens with one attached hydrogen (secondary N) is 1. The minimum atomic E-state index is 0.412. The molecule has 0 saturated carbocycles. The van der Waals surface area contributed by atoms with Gasteiger partial charge in [-0.3, -0.25) is 0 Å². The van der Waals surface area contributed by atoms with Gasteiger partial charge in [0.2, 0.25) is 5.95 Å². The SMILES string of the molecule is CCCC(C)c1cnn2c(Nc3c(C)cc(C)cc3OC)nc(C)nc12. The number of rotatable bonds is 6. The summed E-state index contributed by atoms with van der Waals surface area (Å²) in [6.07, 6.45) is 4.15. The third-order valence-electron chi connectivity index (χ3n) is 4.66. The lowest BCUT2D eigenvalue weighted by Crippen LogP contribution is -2.08. The number of benzene rings is 1. The van der Waals surface area contributed by atoms with Crippen molar-refractivity contribution in [1.29, 1.82) is 0 Å². The first-order valence-electron chi connectivity index (χ1n) is 9.09. The van der Waals surface area contributed by atoms with Crippen LogP contribution in [0.4, 0.5) is 11.6 Å². The van der Waals surface area contributed by atoms with Crippen LogP contribution in [0.25, 0.3) is 5.65 Å². The number of anilines is 2. The highest BCUT2D eigenvalue weighted by atomic mass is 16.5. The predicted octanol–water partition coefficient (Wildman–Crippen LogP) is 4.71. The zero-order valence-corrected chi connectivity index (χ0v) is 16.4. The van der Waals surface area contributed by atoms with E-state index in [1.165, 1.54) is 0 Å². The molecule has 0 aliphatic heterocycles. The molecule has 138 valence electrons. The van der Waals surface area contributed by atoms with E-state index in [4.69, 9.17) is 4.74 Å². The van der Waals surface area contributed by atoms with Gasteiger partial charge >= 0.3 is 0 Å². The van der Waals surface area contributed by atoms with E-state index in [9.17, 15) is 0 Å². The molecule has 1 unspecified atom stereocenters. The summed E-state index contributed by atoms with van der Waals surface area (Å²) in [5, 5.41) is 7.96. The summed E-state index contributed by atoms with van der Waals surface area (Å²) in [6.45, 7) is 10.4. The Morgan fingerprint density at radius 1 is 1.19 bits per heavy atom. The summed E-state index contributed by atoms with van der Waals surface area (Å²) in [5.41, 5.74) is 5.18. The predicted molar refractivity (Wildman–Crippen MR) is 105 cm³/mol. The fourth-order valence-electron chi connectivity index (χ4n) is 3.38. The van der Waals surface area contributed by atoms with E-state index in [1.807, 2.05) is 19.2 Å². The average molecular weight is 353 g/mol. The molecule has 0 amide bonds. The molecule has 6 heteroatoms. The second-order valence-corrected chi connectivity index (χ2v) is 6.90. The molecule has 0 saturated heterocycles. The molecule has 0 aliphatic rings. The summed E-state index contributed by atoms with van der Waals surface area (Å²) in [7, 11) is 1.68. The van der Waals surface area contributed by atoms with E-state index in [2.05, 4.69) is 54.1 Å². The maximum atomic E-state index is 5.56. The highest BCUT2D eigenvalue weighted by Crippen LogP contribution is 2.32. The lowest BCUT2D eigenvalue weighted by atomic mass is 9.99. The lowest BCUT2D eigenvalue weighted by molar-refractivity contribution is 0.416. The van der Waals surface area contributed by atoms with Gasteiger partial charge in [-0.1, -0.05) is 26.3 Å². The summed E-state index contributed by atoms with van der Waals surface area (Å²) < 4.78 is 7.35. The third-order valence-corrected chi connectivity index (χ3v) is 4.66. The van der Waals surface area contributed by atoms with E-state index >= 15 is 0 Å². The average Bonchev–Trinajstić information content (AvgIpc) is 3.01. The molecule has 2 aromatic heterocycles. The van der Waals surface area contributed by atoms with E-state index in [0.29, 0.717) is 17.7 Å². The van der Waals surface area contributed by atoms with Gasteiger partial charge in [0.1, 0.15) is 11.6 Å². The first kappa shape index (κ1) is 18.2. The molecule has 6 nitrogen and oxygen atoms in total. The summed E-state index contributed by atoms with van der Waals surface area (Å²) in [4.78, 5) is 9.22. The van der Waals surface area contributed by atoms with Crippen LogP contribution in [0.5, 0.6) is 5.75 Å². The minimum Gasteiger partial charge on any atom is -0.495 e. The third kappa shape index (κ3) is 3.36. The molecular weight excluding hydrogens is 326 g/mol. The molecule has 26 heavy (non-hydrogen) atoms. The Hall–Kier alpha value is -2.63. The maximum absolute atomic E-state index is 5.56. The van der Waals surface area contributed by atoms with Crippen LogP contribution in [-0.4, -0.2) is 26.7 Å². The Balaban J connectivity index is 2.10. The summed E-state index contributed by atoms with van der Waals surface area (Å²) in [6, 6.07) is 4.13. The number of ether oxygens (including phenoxy) is 1. The van der Waals surface area contributed by atoms with Gasteiger partial charge in [-0.05, 0) is 50.3 Å². The van der Waals surface area contributed by atoms with Crippen molar-refractivity contribution in [3.63, 3.8) is 0 Å². The van der Waals surface area contributed by atoms with Gasteiger partial charge in [0, 0.05) is 5.56 Å². The number of aromatic nitrogens is 4. The normalized spacial score (nSPS) is 12.4. The van der Waals surface area contributed by atoms with Crippen molar-refractivity contribution < 1.29 is 4.74 Å². The fraction of sp³-hybridized carbons (Fsp3) is 0.450. The van der Waals surface area contributed by atoms with Gasteiger partial charge in [0.15, 0.2) is 5.65 Å². The van der Waals surface area contributed by atoms with Crippen molar-refractivity contribution in [3.8, 4) is 5.75 Å². The molecule has 1 aromatic carbocycles. The second-order valence-electron chi connectivity index (χ2n) is 6.90. The number of fused-ring (bicyclic) bond motifs is 1. The zero-order chi connectivity index (χ0) is 18.8. The molecule has 0 bridgehead atoms. The van der Waals surface area contributed by atoms with Crippen molar-refractivity contribution in [1.82, 2.24) is 19.6 Å². The Morgan fingerprint density at radius 3 is 2.65 bits per heavy atom. The van der Waals surface area contributed by atoms with Crippen LogP contribution < -0.4 is 10.1 Å². The van der Waals surface area contributed by atoms with Crippen molar-refractivity contribution in [2.24, 2.45) is 0 Å². The van der Waals surface area contributed by atoms with Crippen LogP contribution in [0.2, 0.25) is 0 Å². The van der Waals surface area contributed by atoms with Crippen LogP contribution in [0.15, 0.2) is 18.3 Å². The van der Waals surface area contributed by atoms with Gasteiger partial charge in [-0.2, -0.15) is 14.6 Å². The lowest BCUT2D eigenvalue weighted by Gasteiger charge is -2.15. The van der Waals surface area contributed by atoms with Crippen LogP contribution in [-0.2, 0) is 0 Å². The Kier molecular flexibility index (Phi) is 5.11. The van der Waals surface area contributed by atoms with Crippen molar-refractivity contribution in [2.45, 2.75) is 53.4 Å². The molecule has 0 radical (unpaired) electrons. The first-order chi connectivity index (χ1) is 12.4. The first-order valence-corrected chi connectivity index (χ1v) is 9.09. The Labute approximate surface area is 154 Å². The van der Waals surface area contributed by atoms with Gasteiger partial charge in [-0.25, -0.2) is 4.98 Å². The monoisotopic (exact) mass is 353 g/mol. The highest BCUT2D eigenvalue weighted by Gasteiger charge is 2.17. The van der Waals surface area contributed by atoms with E-state index in [0.717, 1.165) is 46.6 Å². The topological polar surface area (TPSA) is 64.3 Å². The number of nitrogens with zero attached hydrogens (tertiary/aromatic N) is 4. The van der Waals surface area contributed by atoms with Gasteiger partial charge < -0.3 is 10.1 Å². The van der Waals surface area contributed by atoms with Crippen LogP contribution in [0.3, 0.4) is 0 Å². The molecule has 1 atom stereocenters.